The minimum Gasteiger partial charge on any atom is -0.478 e. The van der Waals surface area contributed by atoms with Crippen LogP contribution in [0.5, 0.6) is 0 Å². The smallest absolute Gasteiger partial charge is 0.335 e. The van der Waals surface area contributed by atoms with E-state index in [1.807, 2.05) is 0 Å². The van der Waals surface area contributed by atoms with Crippen molar-refractivity contribution in [2.24, 2.45) is 0 Å². The van der Waals surface area contributed by atoms with Crippen LogP contribution in [0.1, 0.15) is 10.4 Å². The monoisotopic (exact) mass is 256 g/mol. The predicted molar refractivity (Wildman–Crippen MR) is 68.4 cm³/mol. The number of aromatic nitrogens is 2. The van der Waals surface area contributed by atoms with Gasteiger partial charge in [-0.2, -0.15) is 0 Å². The second-order valence-electron chi connectivity index (χ2n) is 4.13. The Labute approximate surface area is 107 Å². The van der Waals surface area contributed by atoms with Gasteiger partial charge in [0, 0.05) is 28.9 Å². The molecule has 19 heavy (non-hydrogen) atoms. The van der Waals surface area contributed by atoms with E-state index in [0.717, 1.165) is 5.52 Å². The molecule has 3 rings (SSSR count). The topological polar surface area (TPSA) is 66.0 Å². The minimum atomic E-state index is -1.02. The van der Waals surface area contributed by atoms with Crippen LogP contribution in [-0.4, -0.2) is 21.0 Å². The van der Waals surface area contributed by atoms with Gasteiger partial charge in [0.05, 0.1) is 11.3 Å². The molecule has 1 aromatic carbocycles. The maximum absolute atomic E-state index is 13.3. The maximum atomic E-state index is 13.3. The molecule has 4 nitrogen and oxygen atoms in total. The summed E-state index contributed by atoms with van der Waals surface area (Å²) in [5, 5.41) is 9.64. The van der Waals surface area contributed by atoms with Crippen molar-refractivity contribution in [1.82, 2.24) is 9.97 Å². The van der Waals surface area contributed by atoms with Crippen LogP contribution in [0, 0.1) is 5.82 Å². The lowest BCUT2D eigenvalue weighted by molar-refractivity contribution is 0.0697. The van der Waals surface area contributed by atoms with Gasteiger partial charge in [-0.25, -0.2) is 9.18 Å². The van der Waals surface area contributed by atoms with E-state index < -0.39 is 5.97 Å². The molecule has 2 N–H and O–H groups in total. The molecule has 0 bridgehead atoms. The van der Waals surface area contributed by atoms with E-state index in [-0.39, 0.29) is 11.4 Å². The van der Waals surface area contributed by atoms with Gasteiger partial charge in [0.1, 0.15) is 5.82 Å². The number of hydrogen-bond acceptors (Lipinski definition) is 2. The Morgan fingerprint density at radius 2 is 2.11 bits per heavy atom. The molecule has 0 unspecified atom stereocenters. The number of halogens is 1. The molecule has 0 aliphatic heterocycles. The van der Waals surface area contributed by atoms with E-state index in [0.29, 0.717) is 16.6 Å². The average molecular weight is 256 g/mol. The maximum Gasteiger partial charge on any atom is 0.335 e. The third-order valence-corrected chi connectivity index (χ3v) is 2.93. The average Bonchev–Trinajstić information content (AvgIpc) is 2.81. The Balaban J connectivity index is 2.21. The van der Waals surface area contributed by atoms with Crippen molar-refractivity contribution in [2.75, 3.05) is 0 Å². The van der Waals surface area contributed by atoms with Gasteiger partial charge in [-0.1, -0.05) is 0 Å². The lowest BCUT2D eigenvalue weighted by Gasteiger charge is -2.00. The molecule has 0 saturated carbocycles. The highest BCUT2D eigenvalue weighted by Crippen LogP contribution is 2.28. The van der Waals surface area contributed by atoms with Crippen molar-refractivity contribution in [3.05, 3.63) is 54.1 Å². The lowest BCUT2D eigenvalue weighted by Crippen LogP contribution is -1.97. The van der Waals surface area contributed by atoms with Crippen molar-refractivity contribution in [1.29, 1.82) is 0 Å². The van der Waals surface area contributed by atoms with Crippen LogP contribution < -0.4 is 0 Å². The zero-order chi connectivity index (χ0) is 13.4. The number of aromatic carboxylic acids is 1. The second-order valence-corrected chi connectivity index (χ2v) is 4.13. The van der Waals surface area contributed by atoms with Crippen molar-refractivity contribution in [2.45, 2.75) is 0 Å². The number of H-pyrrole nitrogens is 1. The number of carbonyl (C=O) groups is 1. The lowest BCUT2D eigenvalue weighted by atomic mass is 10.1. The predicted octanol–water partition coefficient (Wildman–Crippen LogP) is 3.07. The first kappa shape index (κ1) is 11.4. The Kier molecular flexibility index (Phi) is 2.52. The SMILES string of the molecule is O=C(O)c1ccnc(-c2c[nH]c3ccc(F)cc23)c1. The molecule has 3 aromatic rings. The van der Waals surface area contributed by atoms with Gasteiger partial charge in [-0.05, 0) is 30.3 Å². The zero-order valence-corrected chi connectivity index (χ0v) is 9.72. The molecule has 2 aromatic heterocycles. The largest absolute Gasteiger partial charge is 0.478 e. The first-order valence-electron chi connectivity index (χ1n) is 5.61. The van der Waals surface area contributed by atoms with E-state index in [1.54, 1.807) is 12.3 Å². The second kappa shape index (κ2) is 4.20. The summed E-state index contributed by atoms with van der Waals surface area (Å²) in [5.41, 5.74) is 2.10. The number of rotatable bonds is 2. The van der Waals surface area contributed by atoms with Gasteiger partial charge >= 0.3 is 5.97 Å². The number of carboxylic acids is 1. The molecular formula is C14H9FN2O2. The molecular weight excluding hydrogens is 247 g/mol. The molecule has 0 amide bonds. The summed E-state index contributed by atoms with van der Waals surface area (Å²) >= 11 is 0. The highest BCUT2D eigenvalue weighted by Gasteiger charge is 2.10. The standard InChI is InChI=1S/C14H9FN2O2/c15-9-1-2-12-10(6-9)11(7-17-12)13-5-8(14(18)19)3-4-16-13/h1-7,17H,(H,18,19). The Morgan fingerprint density at radius 1 is 1.26 bits per heavy atom. The summed E-state index contributed by atoms with van der Waals surface area (Å²) in [7, 11) is 0. The quantitative estimate of drug-likeness (QED) is 0.740. The fraction of sp³-hybridized carbons (Fsp3) is 0. The van der Waals surface area contributed by atoms with E-state index in [4.69, 9.17) is 5.11 Å². The Morgan fingerprint density at radius 3 is 2.89 bits per heavy atom. The molecule has 2 heterocycles. The van der Waals surface area contributed by atoms with Crippen LogP contribution >= 0.6 is 0 Å². The summed E-state index contributed by atoms with van der Waals surface area (Å²) in [5.74, 6) is -1.36. The van der Waals surface area contributed by atoms with Crippen molar-refractivity contribution in [3.8, 4) is 11.3 Å². The van der Waals surface area contributed by atoms with Gasteiger partial charge in [0.2, 0.25) is 0 Å². The molecule has 0 spiro atoms. The normalized spacial score (nSPS) is 10.8. The Bertz CT molecular complexity index is 780. The number of benzene rings is 1. The molecule has 94 valence electrons. The van der Waals surface area contributed by atoms with Crippen LogP contribution in [0.2, 0.25) is 0 Å². The highest BCUT2D eigenvalue weighted by atomic mass is 19.1. The van der Waals surface area contributed by atoms with Crippen molar-refractivity contribution in [3.63, 3.8) is 0 Å². The number of hydrogen-bond donors (Lipinski definition) is 2. The van der Waals surface area contributed by atoms with Crippen molar-refractivity contribution < 1.29 is 14.3 Å². The van der Waals surface area contributed by atoms with Gasteiger partial charge in [-0.15, -0.1) is 0 Å². The van der Waals surface area contributed by atoms with Crippen LogP contribution in [0.25, 0.3) is 22.2 Å². The van der Waals surface area contributed by atoms with E-state index in [9.17, 15) is 9.18 Å². The van der Waals surface area contributed by atoms with E-state index >= 15 is 0 Å². The van der Waals surface area contributed by atoms with Crippen LogP contribution in [0.3, 0.4) is 0 Å². The minimum absolute atomic E-state index is 0.149. The van der Waals surface area contributed by atoms with Gasteiger partial charge in [0.25, 0.3) is 0 Å². The summed E-state index contributed by atoms with van der Waals surface area (Å²) in [6.45, 7) is 0. The number of aromatic amines is 1. The summed E-state index contributed by atoms with van der Waals surface area (Å²) < 4.78 is 13.3. The number of nitrogens with one attached hydrogen (secondary N) is 1. The summed E-state index contributed by atoms with van der Waals surface area (Å²) in [6, 6.07) is 7.28. The van der Waals surface area contributed by atoms with Crippen LogP contribution in [0.15, 0.2) is 42.7 Å². The van der Waals surface area contributed by atoms with E-state index in [2.05, 4.69) is 9.97 Å². The van der Waals surface area contributed by atoms with Gasteiger partial charge in [-0.3, -0.25) is 4.98 Å². The number of nitrogens with zero attached hydrogens (tertiary/aromatic N) is 1. The molecule has 0 fully saturated rings. The van der Waals surface area contributed by atoms with Crippen LogP contribution in [-0.2, 0) is 0 Å². The third-order valence-electron chi connectivity index (χ3n) is 2.93. The summed E-state index contributed by atoms with van der Waals surface area (Å²) in [4.78, 5) is 18.1. The first-order valence-corrected chi connectivity index (χ1v) is 5.61. The first-order chi connectivity index (χ1) is 9.15. The number of pyridine rings is 1. The summed E-state index contributed by atoms with van der Waals surface area (Å²) in [6.07, 6.45) is 3.12. The van der Waals surface area contributed by atoms with Gasteiger partial charge in [0.15, 0.2) is 0 Å². The molecule has 0 aliphatic carbocycles. The van der Waals surface area contributed by atoms with Crippen LogP contribution in [0.4, 0.5) is 4.39 Å². The third kappa shape index (κ3) is 1.95. The molecule has 0 saturated heterocycles. The number of carboxylic acid groups (broad SMARTS) is 1. The molecule has 0 aliphatic rings. The fourth-order valence-corrected chi connectivity index (χ4v) is 2.02. The number of fused-ring (bicyclic) bond motifs is 1. The highest BCUT2D eigenvalue weighted by molar-refractivity contribution is 5.96. The van der Waals surface area contributed by atoms with E-state index in [1.165, 1.54) is 30.5 Å². The Hall–Kier alpha value is -2.69. The molecule has 5 heteroatoms. The fourth-order valence-electron chi connectivity index (χ4n) is 2.02. The molecule has 0 radical (unpaired) electrons. The van der Waals surface area contributed by atoms with Crippen molar-refractivity contribution >= 4 is 16.9 Å². The zero-order valence-electron chi connectivity index (χ0n) is 9.72. The van der Waals surface area contributed by atoms with Gasteiger partial charge < -0.3 is 10.1 Å². The molecule has 0 atom stereocenters.